The number of aliphatic hydroxyl groups is 3. The molecule has 0 bridgehead atoms. The number of carbonyl (C=O) groups excluding carboxylic acids is 1. The molecule has 0 aromatic heterocycles. The lowest BCUT2D eigenvalue weighted by Crippen LogP contribution is -2.61. The summed E-state index contributed by atoms with van der Waals surface area (Å²) in [6, 6.07) is 5.25. The second-order valence-electron chi connectivity index (χ2n) is 8.33. The predicted octanol–water partition coefficient (Wildman–Crippen LogP) is 1.12. The van der Waals surface area contributed by atoms with E-state index in [1.54, 1.807) is 45.1 Å². The van der Waals surface area contributed by atoms with Gasteiger partial charge in [0.05, 0.1) is 5.41 Å². The van der Waals surface area contributed by atoms with Gasteiger partial charge in [-0.1, -0.05) is 19.1 Å². The van der Waals surface area contributed by atoms with Gasteiger partial charge in [0.25, 0.3) is 0 Å². The van der Waals surface area contributed by atoms with E-state index >= 15 is 0 Å². The summed E-state index contributed by atoms with van der Waals surface area (Å²) >= 11 is 0. The first-order valence-electron chi connectivity index (χ1n) is 10.0. The van der Waals surface area contributed by atoms with Crippen LogP contribution in [0, 0.1) is 5.41 Å². The van der Waals surface area contributed by atoms with Crippen LogP contribution in [-0.2, 0) is 25.5 Å². The zero-order chi connectivity index (χ0) is 23.3. The molecule has 0 spiro atoms. The van der Waals surface area contributed by atoms with E-state index in [0.29, 0.717) is 5.56 Å². The molecular weight excluding hydrogens is 408 g/mol. The SMILES string of the molecule is CCc1ccc(O[C@@H]2O[C@H](C(=O)O)C(O)[C@H](O)[C@H]2O)c(/C=C/COC(=O)C(C)(C)C)c1. The number of rotatable bonds is 7. The minimum atomic E-state index is -1.80. The highest BCUT2D eigenvalue weighted by molar-refractivity contribution is 5.75. The Morgan fingerprint density at radius 2 is 1.81 bits per heavy atom. The monoisotopic (exact) mass is 438 g/mol. The number of aliphatic hydroxyl groups excluding tert-OH is 3. The van der Waals surface area contributed by atoms with E-state index in [4.69, 9.17) is 14.2 Å². The van der Waals surface area contributed by atoms with Crippen LogP contribution < -0.4 is 4.74 Å². The molecule has 1 unspecified atom stereocenters. The first kappa shape index (κ1) is 24.8. The number of carbonyl (C=O) groups is 2. The predicted molar refractivity (Wildman–Crippen MR) is 110 cm³/mol. The summed E-state index contributed by atoms with van der Waals surface area (Å²) < 4.78 is 16.0. The summed E-state index contributed by atoms with van der Waals surface area (Å²) in [7, 11) is 0. The van der Waals surface area contributed by atoms with Crippen molar-refractivity contribution >= 4 is 18.0 Å². The third-order valence-corrected chi connectivity index (χ3v) is 4.76. The van der Waals surface area contributed by atoms with Crippen molar-refractivity contribution in [2.45, 2.75) is 64.8 Å². The van der Waals surface area contributed by atoms with Gasteiger partial charge in [-0.05, 0) is 51.0 Å². The fraction of sp³-hybridized carbons (Fsp3) is 0.545. The lowest BCUT2D eigenvalue weighted by Gasteiger charge is -2.38. The molecule has 5 atom stereocenters. The Morgan fingerprint density at radius 3 is 2.39 bits per heavy atom. The number of ether oxygens (including phenoxy) is 3. The highest BCUT2D eigenvalue weighted by Gasteiger charge is 2.48. The van der Waals surface area contributed by atoms with E-state index in [1.807, 2.05) is 13.0 Å². The Labute approximate surface area is 180 Å². The van der Waals surface area contributed by atoms with Gasteiger partial charge in [0.15, 0.2) is 6.10 Å². The van der Waals surface area contributed by atoms with Crippen LogP contribution in [0.3, 0.4) is 0 Å². The number of hydrogen-bond donors (Lipinski definition) is 4. The summed E-state index contributed by atoms with van der Waals surface area (Å²) in [4.78, 5) is 23.1. The lowest BCUT2D eigenvalue weighted by molar-refractivity contribution is -0.271. The summed E-state index contributed by atoms with van der Waals surface area (Å²) in [5.74, 6) is -1.58. The van der Waals surface area contributed by atoms with Gasteiger partial charge in [-0.25, -0.2) is 4.79 Å². The average molecular weight is 438 g/mol. The molecule has 1 aliphatic heterocycles. The highest BCUT2D eigenvalue weighted by Crippen LogP contribution is 2.28. The van der Waals surface area contributed by atoms with Gasteiger partial charge < -0.3 is 34.6 Å². The van der Waals surface area contributed by atoms with Gasteiger partial charge >= 0.3 is 11.9 Å². The van der Waals surface area contributed by atoms with E-state index in [1.165, 1.54) is 0 Å². The van der Waals surface area contributed by atoms with Gasteiger partial charge in [0.1, 0.15) is 30.7 Å². The molecule has 0 aliphatic carbocycles. The zero-order valence-electron chi connectivity index (χ0n) is 18.0. The molecule has 172 valence electrons. The first-order chi connectivity index (χ1) is 14.5. The van der Waals surface area contributed by atoms with Gasteiger partial charge in [0.2, 0.25) is 6.29 Å². The van der Waals surface area contributed by atoms with Crippen LogP contribution in [-0.4, -0.2) is 69.7 Å². The quantitative estimate of drug-likeness (QED) is 0.461. The van der Waals surface area contributed by atoms with Gasteiger partial charge in [-0.2, -0.15) is 0 Å². The van der Waals surface area contributed by atoms with E-state index in [9.17, 15) is 30.0 Å². The normalized spacial score (nSPS) is 26.6. The van der Waals surface area contributed by atoms with Crippen LogP contribution in [0.1, 0.15) is 38.8 Å². The maximum Gasteiger partial charge on any atom is 0.335 e. The Morgan fingerprint density at radius 1 is 1.13 bits per heavy atom. The molecule has 1 heterocycles. The summed E-state index contributed by atoms with van der Waals surface area (Å²) in [6.45, 7) is 7.26. The average Bonchev–Trinajstić information content (AvgIpc) is 2.71. The van der Waals surface area contributed by atoms with Crippen molar-refractivity contribution in [1.29, 1.82) is 0 Å². The smallest absolute Gasteiger partial charge is 0.335 e. The number of carboxylic acids is 1. The van der Waals surface area contributed by atoms with Crippen molar-refractivity contribution in [2.24, 2.45) is 5.41 Å². The second kappa shape index (κ2) is 10.2. The van der Waals surface area contributed by atoms with E-state index in [0.717, 1.165) is 12.0 Å². The molecule has 9 heteroatoms. The van der Waals surface area contributed by atoms with Crippen molar-refractivity contribution in [3.05, 3.63) is 35.4 Å². The molecule has 31 heavy (non-hydrogen) atoms. The van der Waals surface area contributed by atoms with Crippen molar-refractivity contribution in [2.75, 3.05) is 6.61 Å². The number of hydrogen-bond acceptors (Lipinski definition) is 8. The molecule has 1 fully saturated rings. The molecule has 1 saturated heterocycles. The minimum absolute atomic E-state index is 0.0421. The lowest BCUT2D eigenvalue weighted by atomic mass is 9.97. The van der Waals surface area contributed by atoms with Crippen molar-refractivity contribution < 1.29 is 44.2 Å². The van der Waals surface area contributed by atoms with Crippen molar-refractivity contribution in [3.8, 4) is 5.75 Å². The Hall–Kier alpha value is -2.46. The molecule has 1 aliphatic rings. The zero-order valence-corrected chi connectivity index (χ0v) is 18.0. The fourth-order valence-corrected chi connectivity index (χ4v) is 2.85. The minimum Gasteiger partial charge on any atom is -0.479 e. The summed E-state index contributed by atoms with van der Waals surface area (Å²) in [5, 5.41) is 39.1. The van der Waals surface area contributed by atoms with E-state index in [-0.39, 0.29) is 18.3 Å². The number of benzene rings is 1. The summed E-state index contributed by atoms with van der Waals surface area (Å²) in [6.07, 6.45) is -4.46. The largest absolute Gasteiger partial charge is 0.479 e. The number of esters is 1. The molecule has 4 N–H and O–H groups in total. The fourth-order valence-electron chi connectivity index (χ4n) is 2.85. The van der Waals surface area contributed by atoms with Crippen LogP contribution in [0.15, 0.2) is 24.3 Å². The van der Waals surface area contributed by atoms with Crippen molar-refractivity contribution in [1.82, 2.24) is 0 Å². The maximum absolute atomic E-state index is 11.9. The number of aryl methyl sites for hydroxylation is 1. The van der Waals surface area contributed by atoms with Gasteiger partial charge in [-0.3, -0.25) is 4.79 Å². The molecule has 2 rings (SSSR count). The third kappa shape index (κ3) is 6.27. The molecule has 9 nitrogen and oxygen atoms in total. The third-order valence-electron chi connectivity index (χ3n) is 4.76. The Balaban J connectivity index is 2.19. The first-order valence-corrected chi connectivity index (χ1v) is 10.0. The van der Waals surface area contributed by atoms with Crippen LogP contribution >= 0.6 is 0 Å². The van der Waals surface area contributed by atoms with Gasteiger partial charge in [0, 0.05) is 5.56 Å². The van der Waals surface area contributed by atoms with Gasteiger partial charge in [-0.15, -0.1) is 0 Å². The van der Waals surface area contributed by atoms with Crippen molar-refractivity contribution in [3.63, 3.8) is 0 Å². The number of carboxylic acid groups (broad SMARTS) is 1. The maximum atomic E-state index is 11.9. The Kier molecular flexibility index (Phi) is 8.19. The molecule has 0 radical (unpaired) electrons. The molecular formula is C22H30O9. The van der Waals surface area contributed by atoms with E-state index < -0.39 is 42.1 Å². The van der Waals surface area contributed by atoms with Crippen LogP contribution in [0.2, 0.25) is 0 Å². The number of aliphatic carboxylic acids is 1. The second-order valence-corrected chi connectivity index (χ2v) is 8.33. The van der Waals surface area contributed by atoms with E-state index in [2.05, 4.69) is 0 Å². The van der Waals surface area contributed by atoms with Crippen LogP contribution in [0.4, 0.5) is 0 Å². The molecule has 0 saturated carbocycles. The highest BCUT2D eigenvalue weighted by atomic mass is 16.7. The molecule has 0 amide bonds. The van der Waals surface area contributed by atoms with Crippen LogP contribution in [0.5, 0.6) is 5.75 Å². The summed E-state index contributed by atoms with van der Waals surface area (Å²) in [5.41, 5.74) is 0.947. The Bertz CT molecular complexity index is 812. The standard InChI is InChI=1S/C22H30O9/c1-5-12-8-9-14(13(11-12)7-6-10-29-21(28)22(2,3)4)30-20-17(25)15(23)16(24)18(31-20)19(26)27/h6-9,11,15-18,20,23-25H,5,10H2,1-4H3,(H,26,27)/b7-6+/t15-,16?,17+,18-,20+/m0/s1. The molecule has 1 aromatic rings. The topological polar surface area (TPSA) is 143 Å². The van der Waals surface area contributed by atoms with Crippen LogP contribution in [0.25, 0.3) is 6.08 Å². The molecule has 1 aromatic carbocycles.